The summed E-state index contributed by atoms with van der Waals surface area (Å²) >= 11 is 0. The first-order chi connectivity index (χ1) is 21.5. The van der Waals surface area contributed by atoms with Crippen LogP contribution < -0.4 is 15.4 Å². The monoisotopic (exact) mass is 614 g/mol. The van der Waals surface area contributed by atoms with Crippen LogP contribution in [-0.2, 0) is 11.2 Å². The quantitative estimate of drug-likeness (QED) is 0.0705. The number of aryl methyl sites for hydroxylation is 1. The molecule has 0 bridgehead atoms. The summed E-state index contributed by atoms with van der Waals surface area (Å²) in [6, 6.07) is 6.20. The lowest BCUT2D eigenvalue weighted by atomic mass is 9.94. The number of carbonyl (C=O) groups is 1. The largest absolute Gasteiger partial charge is 0.496 e. The average Bonchev–Trinajstić information content (AvgIpc) is 3.81. The van der Waals surface area contributed by atoms with Crippen LogP contribution >= 0.6 is 0 Å². The molecule has 0 aliphatic heterocycles. The van der Waals surface area contributed by atoms with Gasteiger partial charge in [-0.3, -0.25) is 0 Å². The zero-order valence-corrected chi connectivity index (χ0v) is 29.5. The van der Waals surface area contributed by atoms with E-state index in [1.54, 1.807) is 12.7 Å². The number of hydrogen-bond acceptors (Lipinski definition) is 4. The summed E-state index contributed by atoms with van der Waals surface area (Å²) in [4.78, 5) is 10.7. The number of benzene rings is 1. The molecule has 1 fully saturated rings. The van der Waals surface area contributed by atoms with Gasteiger partial charge in [0.25, 0.3) is 0 Å². The fourth-order valence-corrected chi connectivity index (χ4v) is 6.09. The third-order valence-corrected chi connectivity index (χ3v) is 9.09. The first kappa shape index (κ1) is 37.9. The van der Waals surface area contributed by atoms with Crippen molar-refractivity contribution < 1.29 is 9.53 Å². The van der Waals surface area contributed by atoms with Gasteiger partial charge in [0.05, 0.1) is 13.2 Å². The molecule has 1 aromatic carbocycles. The molecule has 4 heteroatoms. The summed E-state index contributed by atoms with van der Waals surface area (Å²) in [6.45, 7) is 26.3. The Kier molecular flexibility index (Phi) is 16.8. The van der Waals surface area contributed by atoms with Gasteiger partial charge in [0.2, 0.25) is 0 Å². The summed E-state index contributed by atoms with van der Waals surface area (Å²) in [7, 11) is 1.69. The van der Waals surface area contributed by atoms with Crippen LogP contribution in [0.15, 0.2) is 90.9 Å². The smallest absolute Gasteiger partial charge is 0.121 e. The van der Waals surface area contributed by atoms with E-state index in [1.807, 2.05) is 6.07 Å². The highest BCUT2D eigenvalue weighted by Gasteiger charge is 2.42. The van der Waals surface area contributed by atoms with Gasteiger partial charge in [0.15, 0.2) is 0 Å². The van der Waals surface area contributed by atoms with Crippen LogP contribution in [0.4, 0.5) is 0 Å². The Balaban J connectivity index is 0.000000681. The van der Waals surface area contributed by atoms with Crippen molar-refractivity contribution in [3.05, 3.63) is 102 Å². The lowest BCUT2D eigenvalue weighted by Gasteiger charge is -2.24. The van der Waals surface area contributed by atoms with E-state index < -0.39 is 0 Å². The van der Waals surface area contributed by atoms with Gasteiger partial charge in [-0.2, -0.15) is 0 Å². The second-order valence-corrected chi connectivity index (χ2v) is 13.7. The number of allylic oxidation sites excluding steroid dienone is 7. The molecule has 4 nitrogen and oxygen atoms in total. The summed E-state index contributed by atoms with van der Waals surface area (Å²) in [6.07, 6.45) is 20.9. The molecular formula is C41H62N2O2. The summed E-state index contributed by atoms with van der Waals surface area (Å²) in [5.41, 5.74) is 6.92. The van der Waals surface area contributed by atoms with Gasteiger partial charge in [0.1, 0.15) is 12.0 Å². The highest BCUT2D eigenvalue weighted by Crippen LogP contribution is 2.51. The Morgan fingerprint density at radius 2 is 1.87 bits per heavy atom. The molecule has 1 saturated carbocycles. The number of ether oxygens (including phenoxy) is 1. The van der Waals surface area contributed by atoms with Crippen LogP contribution in [-0.4, -0.2) is 26.0 Å². The van der Waals surface area contributed by atoms with E-state index in [4.69, 9.17) is 4.74 Å². The SMILES string of the molecule is C=C(/C=C/CCC(C)C1CC1C1=CCCC=C1)N[C@H](Cc1ccc(OC)c(C)c1)C(=C)NCCC=O.C=C(C)C(C)CC(C)C. The van der Waals surface area contributed by atoms with Crippen molar-refractivity contribution in [1.82, 2.24) is 10.6 Å². The first-order valence-corrected chi connectivity index (χ1v) is 17.1. The second kappa shape index (κ2) is 20.0. The van der Waals surface area contributed by atoms with E-state index in [2.05, 4.69) is 114 Å². The molecular weight excluding hydrogens is 552 g/mol. The molecule has 248 valence electrons. The third-order valence-electron chi connectivity index (χ3n) is 9.09. The fraction of sp³-hybridized carbons (Fsp3) is 0.537. The second-order valence-electron chi connectivity index (χ2n) is 13.7. The molecule has 2 aliphatic rings. The number of carbonyl (C=O) groups excluding carboxylic acids is 1. The van der Waals surface area contributed by atoms with E-state index in [1.165, 1.54) is 43.2 Å². The highest BCUT2D eigenvalue weighted by molar-refractivity contribution is 5.49. The first-order valence-electron chi connectivity index (χ1n) is 17.1. The number of hydrogen-bond donors (Lipinski definition) is 2. The number of aldehydes is 1. The number of methoxy groups -OCH3 is 1. The molecule has 4 unspecified atom stereocenters. The minimum Gasteiger partial charge on any atom is -0.496 e. The normalized spacial score (nSPS) is 19.1. The van der Waals surface area contributed by atoms with Gasteiger partial charge in [-0.1, -0.05) is 89.4 Å². The predicted octanol–water partition coefficient (Wildman–Crippen LogP) is 9.84. The van der Waals surface area contributed by atoms with Crippen LogP contribution in [0.2, 0.25) is 0 Å². The molecule has 45 heavy (non-hydrogen) atoms. The van der Waals surface area contributed by atoms with Crippen molar-refractivity contribution in [1.29, 1.82) is 0 Å². The minimum atomic E-state index is -0.0374. The van der Waals surface area contributed by atoms with Crippen molar-refractivity contribution in [2.45, 2.75) is 99.0 Å². The Morgan fingerprint density at radius 1 is 1.11 bits per heavy atom. The minimum absolute atomic E-state index is 0.0374. The van der Waals surface area contributed by atoms with Crippen LogP contribution in [0, 0.1) is 36.5 Å². The van der Waals surface area contributed by atoms with Gasteiger partial charge >= 0.3 is 0 Å². The average molecular weight is 615 g/mol. The van der Waals surface area contributed by atoms with Gasteiger partial charge in [-0.15, -0.1) is 0 Å². The van der Waals surface area contributed by atoms with Gasteiger partial charge in [-0.25, -0.2) is 0 Å². The number of nitrogens with one attached hydrogen (secondary N) is 2. The molecule has 0 amide bonds. The molecule has 0 saturated heterocycles. The zero-order chi connectivity index (χ0) is 33.4. The highest BCUT2D eigenvalue weighted by atomic mass is 16.5. The Morgan fingerprint density at radius 3 is 2.44 bits per heavy atom. The molecule has 2 N–H and O–H groups in total. The lowest BCUT2D eigenvalue weighted by molar-refractivity contribution is -0.107. The molecule has 3 rings (SSSR count). The van der Waals surface area contributed by atoms with Crippen LogP contribution in [0.25, 0.3) is 0 Å². The summed E-state index contributed by atoms with van der Waals surface area (Å²) in [5, 5.41) is 6.83. The molecule has 0 aromatic heterocycles. The topological polar surface area (TPSA) is 50.4 Å². The molecule has 0 heterocycles. The van der Waals surface area contributed by atoms with E-state index >= 15 is 0 Å². The Labute approximate surface area is 275 Å². The third kappa shape index (κ3) is 14.1. The maximum absolute atomic E-state index is 10.7. The van der Waals surface area contributed by atoms with Crippen molar-refractivity contribution in [2.24, 2.45) is 29.6 Å². The van der Waals surface area contributed by atoms with Crippen molar-refractivity contribution in [2.75, 3.05) is 13.7 Å². The van der Waals surface area contributed by atoms with E-state index in [0.717, 1.165) is 65.5 Å². The molecule has 1 aromatic rings. The van der Waals surface area contributed by atoms with Crippen LogP contribution in [0.5, 0.6) is 5.75 Å². The lowest BCUT2D eigenvalue weighted by Crippen LogP contribution is -2.37. The Bertz CT molecular complexity index is 1200. The number of rotatable bonds is 19. The van der Waals surface area contributed by atoms with Crippen molar-refractivity contribution in [3.8, 4) is 5.75 Å². The van der Waals surface area contributed by atoms with Crippen LogP contribution in [0.3, 0.4) is 0 Å². The van der Waals surface area contributed by atoms with E-state index in [-0.39, 0.29) is 6.04 Å². The maximum Gasteiger partial charge on any atom is 0.121 e. The Hall–Kier alpha value is -3.27. The molecule has 5 atom stereocenters. The van der Waals surface area contributed by atoms with Crippen molar-refractivity contribution in [3.63, 3.8) is 0 Å². The van der Waals surface area contributed by atoms with Crippen molar-refractivity contribution >= 4 is 6.29 Å². The van der Waals surface area contributed by atoms with E-state index in [0.29, 0.717) is 18.9 Å². The fourth-order valence-electron chi connectivity index (χ4n) is 6.09. The van der Waals surface area contributed by atoms with Gasteiger partial charge in [-0.05, 0) is 117 Å². The summed E-state index contributed by atoms with van der Waals surface area (Å²) in [5.74, 6) is 4.76. The molecule has 0 radical (unpaired) electrons. The standard InChI is InChI=1S/C32H44N2O2.C9H18/c1-23(29-22-30(29)28-14-7-6-8-15-28)12-9-10-13-25(3)34-31(26(4)33-18-11-19-35)21-27-16-17-32(36-5)24(2)20-27;1-7(2)6-9(5)8(3)4/h7,10,13-17,19-20,23,29-31,33-34H,3-4,6,8-9,11-12,18,21-22H2,1-2,5H3;7,9H,3,6H2,1-2,4-5H3/b13-10+;/t23?,29?,30?,31-;/m1./s1. The van der Waals surface area contributed by atoms with Crippen LogP contribution in [0.1, 0.15) is 90.7 Å². The molecule has 2 aliphatic carbocycles. The predicted molar refractivity (Wildman–Crippen MR) is 194 cm³/mol. The zero-order valence-electron chi connectivity index (χ0n) is 29.5. The van der Waals surface area contributed by atoms with Gasteiger partial charge < -0.3 is 20.2 Å². The van der Waals surface area contributed by atoms with E-state index in [9.17, 15) is 4.79 Å². The van der Waals surface area contributed by atoms with Gasteiger partial charge in [0, 0.05) is 24.4 Å². The maximum atomic E-state index is 10.7. The molecule has 0 spiro atoms. The summed E-state index contributed by atoms with van der Waals surface area (Å²) < 4.78 is 5.40.